The third-order valence-corrected chi connectivity index (χ3v) is 14.0. The molecular formula is C40H41FGeIrN2S-2. The summed E-state index contributed by atoms with van der Waals surface area (Å²) in [4.78, 5) is 9.20. The third-order valence-electron chi connectivity index (χ3n) is 8.70. The molecule has 3 aromatic carbocycles. The van der Waals surface area contributed by atoms with Crippen LogP contribution >= 0.6 is 11.3 Å². The number of benzene rings is 3. The van der Waals surface area contributed by atoms with Gasteiger partial charge in [0.1, 0.15) is 5.82 Å². The average molecular weight is 867 g/mol. The van der Waals surface area contributed by atoms with Crippen molar-refractivity contribution in [3.63, 3.8) is 0 Å². The number of fused-ring (bicyclic) bond motifs is 3. The van der Waals surface area contributed by atoms with Crippen molar-refractivity contribution in [3.05, 3.63) is 114 Å². The maximum absolute atomic E-state index is 13.5. The molecule has 0 spiro atoms. The molecule has 2 nitrogen and oxygen atoms in total. The van der Waals surface area contributed by atoms with E-state index in [0.29, 0.717) is 0 Å². The van der Waals surface area contributed by atoms with Crippen molar-refractivity contribution in [2.24, 2.45) is 5.92 Å². The van der Waals surface area contributed by atoms with E-state index in [0.717, 1.165) is 60.6 Å². The molecule has 0 unspecified atom stereocenters. The normalized spacial score (nSPS) is 14.1. The molecule has 0 aliphatic heterocycles. The minimum absolute atomic E-state index is 0. The fraction of sp³-hybridized carbons (Fsp3) is 0.300. The quantitative estimate of drug-likeness (QED) is 0.123. The molecule has 7 rings (SSSR count). The molecule has 1 aliphatic rings. The van der Waals surface area contributed by atoms with E-state index in [1.54, 1.807) is 17.4 Å². The molecule has 6 heteroatoms. The van der Waals surface area contributed by atoms with Crippen LogP contribution in [-0.2, 0) is 26.5 Å². The third kappa shape index (κ3) is 8.05. The summed E-state index contributed by atoms with van der Waals surface area (Å²) in [6.45, 7) is 3.91. The number of hydrogen-bond donors (Lipinski definition) is 0. The van der Waals surface area contributed by atoms with Gasteiger partial charge in [0, 0.05) is 31.0 Å². The van der Waals surface area contributed by atoms with Crippen molar-refractivity contribution in [2.75, 3.05) is 0 Å². The Bertz CT molecular complexity index is 1970. The Morgan fingerprint density at radius 2 is 1.70 bits per heavy atom. The first-order valence-corrected chi connectivity index (χ1v) is 24.1. The van der Waals surface area contributed by atoms with Gasteiger partial charge in [-0.3, -0.25) is 0 Å². The Hall–Kier alpha value is -2.70. The summed E-state index contributed by atoms with van der Waals surface area (Å²) in [5.41, 5.74) is 6.38. The van der Waals surface area contributed by atoms with E-state index in [9.17, 15) is 4.39 Å². The molecular weight excluding hydrogens is 824 g/mol. The molecule has 0 amide bonds. The van der Waals surface area contributed by atoms with Gasteiger partial charge in [-0.25, -0.2) is 4.39 Å². The Labute approximate surface area is 295 Å². The van der Waals surface area contributed by atoms with E-state index in [-0.39, 0.29) is 25.9 Å². The molecule has 1 radical (unpaired) electrons. The first-order chi connectivity index (χ1) is 22.0. The summed E-state index contributed by atoms with van der Waals surface area (Å²) in [6, 6.07) is 30.1. The van der Waals surface area contributed by atoms with Crippen LogP contribution in [-0.4, -0.2) is 23.2 Å². The molecule has 1 aliphatic carbocycles. The summed E-state index contributed by atoms with van der Waals surface area (Å²) in [6.07, 6.45) is 10.5. The van der Waals surface area contributed by atoms with Gasteiger partial charge in [-0.05, 0) is 46.3 Å². The molecule has 46 heavy (non-hydrogen) atoms. The van der Waals surface area contributed by atoms with Crippen molar-refractivity contribution < 1.29 is 25.9 Å². The number of halogens is 1. The largest absolute Gasteiger partial charge is 0 e. The molecule has 0 saturated heterocycles. The van der Waals surface area contributed by atoms with Gasteiger partial charge in [-0.15, -0.1) is 23.8 Å². The maximum atomic E-state index is 13.5. The van der Waals surface area contributed by atoms with Crippen molar-refractivity contribution in [1.29, 1.82) is 0 Å². The molecule has 1 fully saturated rings. The van der Waals surface area contributed by atoms with Crippen molar-refractivity contribution in [3.8, 4) is 22.5 Å². The van der Waals surface area contributed by atoms with Gasteiger partial charge in [0.05, 0.1) is 0 Å². The number of rotatable bonds is 6. The molecule has 0 atom stereocenters. The Balaban J connectivity index is 0.000000188. The van der Waals surface area contributed by atoms with Crippen molar-refractivity contribution >= 4 is 49.2 Å². The molecule has 0 bridgehead atoms. The first kappa shape index (κ1) is 33.2. The van der Waals surface area contributed by atoms with Gasteiger partial charge < -0.3 is 4.98 Å². The van der Waals surface area contributed by atoms with Crippen LogP contribution in [0.5, 0.6) is 0 Å². The predicted molar refractivity (Wildman–Crippen MR) is 193 cm³/mol. The molecule has 1 saturated carbocycles. The maximum Gasteiger partial charge on any atom is 0 e. The van der Waals surface area contributed by atoms with Crippen LogP contribution in [0.15, 0.2) is 85.2 Å². The van der Waals surface area contributed by atoms with Crippen LogP contribution in [0.1, 0.15) is 57.9 Å². The van der Waals surface area contributed by atoms with Crippen LogP contribution in [0.4, 0.5) is 4.39 Å². The Morgan fingerprint density at radius 3 is 2.41 bits per heavy atom. The average Bonchev–Trinajstić information content (AvgIpc) is 3.67. The van der Waals surface area contributed by atoms with Gasteiger partial charge in [0.25, 0.3) is 0 Å². The van der Waals surface area contributed by atoms with Gasteiger partial charge in [-0.1, -0.05) is 48.8 Å². The summed E-state index contributed by atoms with van der Waals surface area (Å²) in [7, 11) is 0. The zero-order valence-electron chi connectivity index (χ0n) is 28.2. The second kappa shape index (κ2) is 15.0. The van der Waals surface area contributed by atoms with Gasteiger partial charge in [0.2, 0.25) is 0 Å². The van der Waals surface area contributed by atoms with Crippen LogP contribution in [0.3, 0.4) is 0 Å². The van der Waals surface area contributed by atoms with E-state index >= 15 is 0 Å². The number of nitrogens with zero attached hydrogens (tertiary/aromatic N) is 2. The SMILES string of the molecule is Fc1ccc2c(c1)sc1c[c-]c(-c3cc(CC4CCCC4)ccn3)cc12.[2H]C(C)(C)c1cc(-c2[c-]cccc2)nc[c]1[Ge]([CH3])([CH3])[CH3].[Ir]. The van der Waals surface area contributed by atoms with E-state index in [4.69, 9.17) is 1.37 Å². The predicted octanol–water partition coefficient (Wildman–Crippen LogP) is 11.0. The smallest absolute Gasteiger partial charge is 0 e. The van der Waals surface area contributed by atoms with Gasteiger partial charge >= 0.3 is 120 Å². The zero-order valence-corrected chi connectivity index (χ0v) is 32.5. The number of thiophene rings is 1. The number of pyridine rings is 2. The molecule has 0 N–H and O–H groups in total. The van der Waals surface area contributed by atoms with Crippen LogP contribution in [0, 0.1) is 23.9 Å². The Morgan fingerprint density at radius 1 is 0.913 bits per heavy atom. The minimum atomic E-state index is -2.03. The molecule has 3 aromatic heterocycles. The summed E-state index contributed by atoms with van der Waals surface area (Å²) >= 11 is -0.413. The second-order valence-electron chi connectivity index (χ2n) is 13.4. The van der Waals surface area contributed by atoms with Gasteiger partial charge in [-0.2, -0.15) is 11.3 Å². The zero-order chi connectivity index (χ0) is 32.5. The molecule has 6 aromatic rings. The minimum Gasteiger partial charge on any atom is 0 e. The van der Waals surface area contributed by atoms with E-state index < -0.39 is 19.2 Å². The topological polar surface area (TPSA) is 25.8 Å². The van der Waals surface area contributed by atoms with Crippen LogP contribution in [0.2, 0.25) is 17.3 Å². The fourth-order valence-electron chi connectivity index (χ4n) is 6.31. The van der Waals surface area contributed by atoms with E-state index in [1.165, 1.54) is 41.7 Å². The van der Waals surface area contributed by atoms with Crippen molar-refractivity contribution in [2.45, 2.75) is 69.1 Å². The fourth-order valence-corrected chi connectivity index (χ4v) is 10.7. The number of aromatic nitrogens is 2. The van der Waals surface area contributed by atoms with Gasteiger partial charge in [0.15, 0.2) is 0 Å². The van der Waals surface area contributed by atoms with Crippen molar-refractivity contribution in [1.82, 2.24) is 9.97 Å². The number of hydrogen-bond acceptors (Lipinski definition) is 3. The summed E-state index contributed by atoms with van der Waals surface area (Å²) in [5, 5.41) is 2.26. The molecule has 3 heterocycles. The van der Waals surface area contributed by atoms with Crippen LogP contribution < -0.4 is 4.40 Å². The summed E-state index contributed by atoms with van der Waals surface area (Å²) in [5.74, 6) is 7.09. The Kier molecular flexibility index (Phi) is 10.8. The second-order valence-corrected chi connectivity index (χ2v) is 25.1. The van der Waals surface area contributed by atoms with E-state index in [1.807, 2.05) is 62.6 Å². The summed E-state index contributed by atoms with van der Waals surface area (Å²) < 4.78 is 25.4. The standard InChI is InChI=1S/C23H19FNS.C17H22GeN.Ir/c24-18-6-7-19-20-13-17(5-8-22(20)26-23(19)14-18)21-12-16(9-10-25-21)11-15-3-1-2-4-15;1-13(2)15-11-17(14-9-7-6-8-10-14)19-12-16(15)18(3,4)5;/h6-10,12-15H,1-4,11H2;6-9,11-13H,1-5H3;/q2*-1;/i;13D;. The molecule has 239 valence electrons. The monoisotopic (exact) mass is 868 g/mol. The first-order valence-electron chi connectivity index (χ1n) is 16.4. The van der Waals surface area contributed by atoms with Crippen LogP contribution in [0.25, 0.3) is 42.7 Å². The van der Waals surface area contributed by atoms with E-state index in [2.05, 4.69) is 63.6 Å².